The van der Waals surface area contributed by atoms with E-state index < -0.39 is 23.5 Å². The van der Waals surface area contributed by atoms with Crippen LogP contribution in [0.1, 0.15) is 16.1 Å². The summed E-state index contributed by atoms with van der Waals surface area (Å²) in [5.41, 5.74) is -1.33. The number of para-hydroxylation sites is 2. The van der Waals surface area contributed by atoms with Gasteiger partial charge in [0.15, 0.2) is 0 Å². The Morgan fingerprint density at radius 1 is 0.926 bits per heavy atom. The Bertz CT molecular complexity index is 975. The van der Waals surface area contributed by atoms with Crippen molar-refractivity contribution >= 4 is 23.2 Å². The highest BCUT2D eigenvalue weighted by molar-refractivity contribution is 6.03. The highest BCUT2D eigenvalue weighted by Crippen LogP contribution is 2.35. The number of rotatable bonds is 4. The average Bonchev–Trinajstić information content (AvgIpc) is 2.63. The van der Waals surface area contributed by atoms with E-state index in [4.69, 9.17) is 0 Å². The van der Waals surface area contributed by atoms with Gasteiger partial charge in [0.25, 0.3) is 5.91 Å². The van der Waals surface area contributed by atoms with Crippen molar-refractivity contribution in [2.75, 3.05) is 10.6 Å². The lowest BCUT2D eigenvalue weighted by molar-refractivity contribution is -0.136. The first kappa shape index (κ1) is 18.3. The van der Waals surface area contributed by atoms with Gasteiger partial charge in [-0.25, -0.2) is 14.4 Å². The number of aromatic nitrogens is 2. The number of carbonyl (C=O) groups excluding carboxylic acids is 1. The largest absolute Gasteiger partial charge is 0.418 e. The van der Waals surface area contributed by atoms with Crippen LogP contribution in [0.2, 0.25) is 0 Å². The molecule has 2 aromatic carbocycles. The predicted octanol–water partition coefficient (Wildman–Crippen LogP) is 4.63. The monoisotopic (exact) mass is 376 g/mol. The number of amides is 1. The average molecular weight is 376 g/mol. The minimum absolute atomic E-state index is 0.0435. The maximum atomic E-state index is 13.6. The van der Waals surface area contributed by atoms with E-state index in [0.717, 1.165) is 6.07 Å². The van der Waals surface area contributed by atoms with E-state index in [-0.39, 0.29) is 23.0 Å². The van der Waals surface area contributed by atoms with E-state index in [2.05, 4.69) is 20.6 Å². The molecule has 27 heavy (non-hydrogen) atoms. The maximum Gasteiger partial charge on any atom is 0.418 e. The molecule has 1 aromatic heterocycles. The Morgan fingerprint density at radius 2 is 1.59 bits per heavy atom. The molecular formula is C18H12F4N4O. The molecule has 0 saturated carbocycles. The van der Waals surface area contributed by atoms with Gasteiger partial charge in [-0.1, -0.05) is 24.3 Å². The Labute approximate surface area is 151 Å². The molecule has 0 atom stereocenters. The number of benzene rings is 2. The molecule has 0 aliphatic carbocycles. The number of nitrogens with zero attached hydrogens (tertiary/aromatic N) is 2. The maximum absolute atomic E-state index is 13.6. The smallest absolute Gasteiger partial charge is 0.324 e. The summed E-state index contributed by atoms with van der Waals surface area (Å²) in [5, 5.41) is 4.79. The van der Waals surface area contributed by atoms with Crippen LogP contribution < -0.4 is 10.6 Å². The van der Waals surface area contributed by atoms with Gasteiger partial charge in [0.05, 0.1) is 16.9 Å². The summed E-state index contributed by atoms with van der Waals surface area (Å²) >= 11 is 0. The predicted molar refractivity (Wildman–Crippen MR) is 91.1 cm³/mol. The van der Waals surface area contributed by atoms with Gasteiger partial charge in [0.1, 0.15) is 11.5 Å². The van der Waals surface area contributed by atoms with Gasteiger partial charge < -0.3 is 10.6 Å². The zero-order chi connectivity index (χ0) is 19.4. The second kappa shape index (κ2) is 7.40. The van der Waals surface area contributed by atoms with Crippen LogP contribution in [0, 0.1) is 5.82 Å². The van der Waals surface area contributed by atoms with Crippen molar-refractivity contribution in [3.8, 4) is 0 Å². The standard InChI is InChI=1S/C18H12F4N4O/c19-12-6-2-4-8-14(12)24-16(27)15-9-10-23-17(26-15)25-13-7-3-1-5-11(13)18(20,21)22/h1-10H,(H,24,27)(H,23,25,26). The Kier molecular flexibility index (Phi) is 5.02. The molecule has 0 saturated heterocycles. The third kappa shape index (κ3) is 4.38. The molecule has 138 valence electrons. The first-order valence-corrected chi connectivity index (χ1v) is 7.67. The SMILES string of the molecule is O=C(Nc1ccccc1F)c1ccnc(Nc2ccccc2C(F)(F)F)n1. The van der Waals surface area contributed by atoms with Crippen LogP contribution >= 0.6 is 0 Å². The third-order valence-electron chi connectivity index (χ3n) is 3.49. The first-order valence-electron chi connectivity index (χ1n) is 7.67. The van der Waals surface area contributed by atoms with Crippen molar-refractivity contribution < 1.29 is 22.4 Å². The quantitative estimate of drug-likeness (QED) is 0.652. The van der Waals surface area contributed by atoms with Crippen LogP contribution in [0.25, 0.3) is 0 Å². The van der Waals surface area contributed by atoms with Crippen LogP contribution in [0.15, 0.2) is 60.8 Å². The highest BCUT2D eigenvalue weighted by atomic mass is 19.4. The molecule has 0 aliphatic heterocycles. The third-order valence-corrected chi connectivity index (χ3v) is 3.49. The van der Waals surface area contributed by atoms with Crippen molar-refractivity contribution in [2.45, 2.75) is 6.18 Å². The number of halogens is 4. The number of alkyl halides is 3. The van der Waals surface area contributed by atoms with Crippen molar-refractivity contribution in [1.82, 2.24) is 9.97 Å². The lowest BCUT2D eigenvalue weighted by Gasteiger charge is -2.13. The van der Waals surface area contributed by atoms with E-state index in [1.54, 1.807) is 6.07 Å². The van der Waals surface area contributed by atoms with Crippen LogP contribution in [-0.2, 0) is 6.18 Å². The molecule has 1 heterocycles. The zero-order valence-electron chi connectivity index (χ0n) is 13.6. The zero-order valence-corrected chi connectivity index (χ0v) is 13.6. The van der Waals surface area contributed by atoms with E-state index in [0.29, 0.717) is 0 Å². The number of nitrogens with one attached hydrogen (secondary N) is 2. The van der Waals surface area contributed by atoms with Gasteiger partial charge in [0.2, 0.25) is 5.95 Å². The van der Waals surface area contributed by atoms with Crippen molar-refractivity contribution in [1.29, 1.82) is 0 Å². The minimum atomic E-state index is -4.57. The summed E-state index contributed by atoms with van der Waals surface area (Å²) in [6.45, 7) is 0. The molecule has 2 N–H and O–H groups in total. The van der Waals surface area contributed by atoms with Crippen molar-refractivity contribution in [3.05, 3.63) is 77.9 Å². The fourth-order valence-corrected chi connectivity index (χ4v) is 2.25. The number of hydrogen-bond donors (Lipinski definition) is 2. The van der Waals surface area contributed by atoms with Gasteiger partial charge in [-0.05, 0) is 30.3 Å². The van der Waals surface area contributed by atoms with Gasteiger partial charge in [-0.15, -0.1) is 0 Å². The lowest BCUT2D eigenvalue weighted by Crippen LogP contribution is -2.16. The molecule has 0 fully saturated rings. The number of carbonyl (C=O) groups is 1. The first-order chi connectivity index (χ1) is 12.8. The molecule has 5 nitrogen and oxygen atoms in total. The number of hydrogen-bond acceptors (Lipinski definition) is 4. The second-order valence-corrected chi connectivity index (χ2v) is 5.37. The summed E-state index contributed by atoms with van der Waals surface area (Å²) in [4.78, 5) is 19.9. The normalized spacial score (nSPS) is 11.1. The van der Waals surface area contributed by atoms with E-state index >= 15 is 0 Å². The highest BCUT2D eigenvalue weighted by Gasteiger charge is 2.33. The summed E-state index contributed by atoms with van der Waals surface area (Å²) in [6.07, 6.45) is -3.36. The summed E-state index contributed by atoms with van der Waals surface area (Å²) in [5.74, 6) is -1.56. The molecule has 1 amide bonds. The van der Waals surface area contributed by atoms with Crippen LogP contribution in [0.3, 0.4) is 0 Å². The molecule has 0 bridgehead atoms. The Morgan fingerprint density at radius 3 is 2.30 bits per heavy atom. The molecular weight excluding hydrogens is 364 g/mol. The van der Waals surface area contributed by atoms with Crippen LogP contribution in [0.5, 0.6) is 0 Å². The van der Waals surface area contributed by atoms with Crippen molar-refractivity contribution in [3.63, 3.8) is 0 Å². The van der Waals surface area contributed by atoms with Crippen LogP contribution in [0.4, 0.5) is 34.9 Å². The fourth-order valence-electron chi connectivity index (χ4n) is 2.25. The van der Waals surface area contributed by atoms with E-state index in [1.165, 1.54) is 48.7 Å². The minimum Gasteiger partial charge on any atom is -0.324 e. The molecule has 0 spiro atoms. The molecule has 0 aliphatic rings. The Hall–Kier alpha value is -3.49. The fraction of sp³-hybridized carbons (Fsp3) is 0.0556. The summed E-state index contributed by atoms with van der Waals surface area (Å²) < 4.78 is 52.8. The van der Waals surface area contributed by atoms with Gasteiger partial charge in [-0.2, -0.15) is 13.2 Å². The summed E-state index contributed by atoms with van der Waals surface area (Å²) in [7, 11) is 0. The van der Waals surface area contributed by atoms with Crippen molar-refractivity contribution in [2.24, 2.45) is 0 Å². The molecule has 0 unspecified atom stereocenters. The number of anilines is 3. The molecule has 9 heteroatoms. The molecule has 3 rings (SSSR count). The summed E-state index contributed by atoms with van der Waals surface area (Å²) in [6, 6.07) is 11.6. The van der Waals surface area contributed by atoms with Gasteiger partial charge in [0, 0.05) is 6.20 Å². The topological polar surface area (TPSA) is 66.9 Å². The van der Waals surface area contributed by atoms with Gasteiger partial charge >= 0.3 is 6.18 Å². The second-order valence-electron chi connectivity index (χ2n) is 5.37. The van der Waals surface area contributed by atoms with Crippen LogP contribution in [-0.4, -0.2) is 15.9 Å². The van der Waals surface area contributed by atoms with Gasteiger partial charge in [-0.3, -0.25) is 4.79 Å². The molecule has 0 radical (unpaired) electrons. The molecule has 3 aromatic rings. The Balaban J connectivity index is 1.83. The lowest BCUT2D eigenvalue weighted by atomic mass is 10.1. The van der Waals surface area contributed by atoms with E-state index in [9.17, 15) is 22.4 Å². The van der Waals surface area contributed by atoms with E-state index in [1.807, 2.05) is 0 Å².